The van der Waals surface area contributed by atoms with Gasteiger partial charge in [0.1, 0.15) is 5.75 Å². The fourth-order valence-corrected chi connectivity index (χ4v) is 2.53. The number of alkyl halides is 2. The molecule has 0 aromatic heterocycles. The van der Waals surface area contributed by atoms with Gasteiger partial charge in [0.05, 0.1) is 0 Å². The van der Waals surface area contributed by atoms with Crippen molar-refractivity contribution in [3.05, 3.63) is 29.8 Å². The summed E-state index contributed by atoms with van der Waals surface area (Å²) in [6, 6.07) is 6.88. The highest BCUT2D eigenvalue weighted by molar-refractivity contribution is 5.33. The van der Waals surface area contributed by atoms with Crippen LogP contribution in [-0.2, 0) is 6.54 Å². The van der Waals surface area contributed by atoms with Crippen LogP contribution in [0.25, 0.3) is 0 Å². The minimum absolute atomic E-state index is 0.186. The maximum Gasteiger partial charge on any atom is 0.387 e. The van der Waals surface area contributed by atoms with Crippen molar-refractivity contribution >= 4 is 0 Å². The van der Waals surface area contributed by atoms with E-state index in [1.165, 1.54) is 0 Å². The topological polar surface area (TPSA) is 32.7 Å². The molecule has 1 aliphatic heterocycles. The van der Waals surface area contributed by atoms with Gasteiger partial charge in [-0.15, -0.1) is 0 Å². The predicted molar refractivity (Wildman–Crippen MR) is 68.2 cm³/mol. The molecule has 1 heterocycles. The molecule has 1 aromatic carbocycles. The molecule has 2 rings (SSSR count). The highest BCUT2D eigenvalue weighted by Crippen LogP contribution is 2.24. The summed E-state index contributed by atoms with van der Waals surface area (Å²) in [7, 11) is 0. The van der Waals surface area contributed by atoms with Gasteiger partial charge in [-0.2, -0.15) is 8.78 Å². The zero-order chi connectivity index (χ0) is 13.7. The van der Waals surface area contributed by atoms with E-state index in [4.69, 9.17) is 0 Å². The third-order valence-electron chi connectivity index (χ3n) is 3.44. The molecule has 5 heteroatoms. The van der Waals surface area contributed by atoms with E-state index < -0.39 is 6.61 Å². The van der Waals surface area contributed by atoms with Crippen LogP contribution in [0.5, 0.6) is 5.75 Å². The Bertz CT molecular complexity index is 401. The lowest BCUT2D eigenvalue weighted by molar-refractivity contribution is -0.0508. The van der Waals surface area contributed by atoms with E-state index in [0.29, 0.717) is 6.54 Å². The quantitative estimate of drug-likeness (QED) is 0.893. The fraction of sp³-hybridized carbons (Fsp3) is 0.571. The maximum absolute atomic E-state index is 12.3. The Kier molecular flexibility index (Phi) is 5.10. The van der Waals surface area contributed by atoms with E-state index in [1.807, 2.05) is 6.07 Å². The lowest BCUT2D eigenvalue weighted by atomic mass is 9.98. The highest BCUT2D eigenvalue weighted by atomic mass is 19.3. The van der Waals surface area contributed by atoms with Crippen LogP contribution in [0.3, 0.4) is 0 Å². The smallest absolute Gasteiger partial charge is 0.387 e. The zero-order valence-corrected chi connectivity index (χ0v) is 10.8. The van der Waals surface area contributed by atoms with Crippen molar-refractivity contribution in [3.8, 4) is 5.75 Å². The molecule has 1 aliphatic rings. The second kappa shape index (κ2) is 6.82. The monoisotopic (exact) mass is 271 g/mol. The predicted octanol–water partition coefficient (Wildman–Crippen LogP) is 2.49. The molecule has 0 saturated carbocycles. The van der Waals surface area contributed by atoms with Gasteiger partial charge in [-0.05, 0) is 31.4 Å². The average molecular weight is 271 g/mol. The summed E-state index contributed by atoms with van der Waals surface area (Å²) in [6.07, 6.45) is 2.06. The standard InChI is InChI=1S/C14H19F2NO2/c15-14(16)19-13-6-2-1-5-12(13)9-17-7-3-4-11(8-17)10-18/h1-2,5-6,11,14,18H,3-4,7-10H2. The number of aliphatic hydroxyl groups excluding tert-OH is 1. The first kappa shape index (κ1) is 14.2. The number of ether oxygens (including phenoxy) is 1. The Balaban J connectivity index is 2.01. The van der Waals surface area contributed by atoms with Crippen molar-refractivity contribution in [3.63, 3.8) is 0 Å². The van der Waals surface area contributed by atoms with Crippen molar-refractivity contribution in [2.45, 2.75) is 26.0 Å². The van der Waals surface area contributed by atoms with Crippen LogP contribution in [0.15, 0.2) is 24.3 Å². The minimum atomic E-state index is -2.80. The van der Waals surface area contributed by atoms with E-state index in [0.717, 1.165) is 31.5 Å². The molecular formula is C14H19F2NO2. The fourth-order valence-electron chi connectivity index (χ4n) is 2.53. The number of piperidine rings is 1. The van der Waals surface area contributed by atoms with Crippen LogP contribution < -0.4 is 4.74 Å². The molecule has 1 atom stereocenters. The van der Waals surface area contributed by atoms with Crippen molar-refractivity contribution in [2.24, 2.45) is 5.92 Å². The van der Waals surface area contributed by atoms with Gasteiger partial charge >= 0.3 is 6.61 Å². The number of rotatable bonds is 5. The molecule has 1 unspecified atom stereocenters. The van der Waals surface area contributed by atoms with Gasteiger partial charge in [-0.25, -0.2) is 0 Å². The molecule has 0 aliphatic carbocycles. The second-order valence-corrected chi connectivity index (χ2v) is 4.91. The largest absolute Gasteiger partial charge is 0.434 e. The Hall–Kier alpha value is -1.20. The SMILES string of the molecule is OCC1CCCN(Cc2ccccc2OC(F)F)C1. The van der Waals surface area contributed by atoms with Crippen LogP contribution >= 0.6 is 0 Å². The van der Waals surface area contributed by atoms with Gasteiger partial charge in [0, 0.05) is 25.3 Å². The van der Waals surface area contributed by atoms with E-state index >= 15 is 0 Å². The molecule has 0 radical (unpaired) electrons. The van der Waals surface area contributed by atoms with Crippen molar-refractivity contribution < 1.29 is 18.6 Å². The number of para-hydroxylation sites is 1. The molecule has 106 valence electrons. The second-order valence-electron chi connectivity index (χ2n) is 4.91. The molecule has 0 spiro atoms. The third kappa shape index (κ3) is 4.14. The summed E-state index contributed by atoms with van der Waals surface area (Å²) in [4.78, 5) is 2.18. The minimum Gasteiger partial charge on any atom is -0.434 e. The number of aliphatic hydroxyl groups is 1. The molecule has 19 heavy (non-hydrogen) atoms. The lowest BCUT2D eigenvalue weighted by Gasteiger charge is -2.32. The molecule has 0 amide bonds. The first-order chi connectivity index (χ1) is 9.19. The summed E-state index contributed by atoms with van der Waals surface area (Å²) in [5.41, 5.74) is 0.765. The van der Waals surface area contributed by atoms with Crippen LogP contribution in [0, 0.1) is 5.92 Å². The summed E-state index contributed by atoms with van der Waals surface area (Å²) >= 11 is 0. The summed E-state index contributed by atoms with van der Waals surface area (Å²) in [5.74, 6) is 0.528. The molecule has 1 fully saturated rings. The Morgan fingerprint density at radius 2 is 2.16 bits per heavy atom. The van der Waals surface area contributed by atoms with Crippen molar-refractivity contribution in [2.75, 3.05) is 19.7 Å². The number of hydrogen-bond donors (Lipinski definition) is 1. The highest BCUT2D eigenvalue weighted by Gasteiger charge is 2.20. The number of likely N-dealkylation sites (tertiary alicyclic amines) is 1. The molecule has 3 nitrogen and oxygen atoms in total. The van der Waals surface area contributed by atoms with Gasteiger partial charge in [-0.3, -0.25) is 4.90 Å². The third-order valence-corrected chi connectivity index (χ3v) is 3.44. The lowest BCUT2D eigenvalue weighted by Crippen LogP contribution is -2.36. The Labute approximate surface area is 111 Å². The summed E-state index contributed by atoms with van der Waals surface area (Å²) in [6.45, 7) is -0.294. The van der Waals surface area contributed by atoms with E-state index in [-0.39, 0.29) is 18.3 Å². The molecule has 1 aromatic rings. The van der Waals surface area contributed by atoms with Crippen molar-refractivity contribution in [1.82, 2.24) is 4.90 Å². The first-order valence-electron chi connectivity index (χ1n) is 6.55. The molecule has 1 saturated heterocycles. The summed E-state index contributed by atoms with van der Waals surface area (Å²) in [5, 5.41) is 9.20. The molecule has 0 bridgehead atoms. The van der Waals surface area contributed by atoms with Gasteiger partial charge in [-0.1, -0.05) is 18.2 Å². The van der Waals surface area contributed by atoms with Gasteiger partial charge in [0.25, 0.3) is 0 Å². The number of halogens is 2. The Morgan fingerprint density at radius 3 is 2.89 bits per heavy atom. The molecular weight excluding hydrogens is 252 g/mol. The normalized spacial score (nSPS) is 20.7. The summed E-state index contributed by atoms with van der Waals surface area (Å²) < 4.78 is 29.2. The number of hydrogen-bond acceptors (Lipinski definition) is 3. The molecule has 1 N–H and O–H groups in total. The zero-order valence-electron chi connectivity index (χ0n) is 10.8. The van der Waals surface area contributed by atoms with Gasteiger partial charge in [0.2, 0.25) is 0 Å². The van der Waals surface area contributed by atoms with Crippen molar-refractivity contribution in [1.29, 1.82) is 0 Å². The number of nitrogens with zero attached hydrogens (tertiary/aromatic N) is 1. The van der Waals surface area contributed by atoms with Crippen LogP contribution in [0.1, 0.15) is 18.4 Å². The number of benzene rings is 1. The average Bonchev–Trinajstić information content (AvgIpc) is 2.41. The van der Waals surface area contributed by atoms with E-state index in [9.17, 15) is 13.9 Å². The Morgan fingerprint density at radius 1 is 1.37 bits per heavy atom. The van der Waals surface area contributed by atoms with E-state index in [2.05, 4.69) is 9.64 Å². The van der Waals surface area contributed by atoms with Crippen LogP contribution in [0.2, 0.25) is 0 Å². The van der Waals surface area contributed by atoms with Crippen LogP contribution in [0.4, 0.5) is 8.78 Å². The van der Waals surface area contributed by atoms with Gasteiger partial charge < -0.3 is 9.84 Å². The first-order valence-corrected chi connectivity index (χ1v) is 6.55. The van der Waals surface area contributed by atoms with E-state index in [1.54, 1.807) is 18.2 Å². The van der Waals surface area contributed by atoms with Crippen LogP contribution in [-0.4, -0.2) is 36.3 Å². The maximum atomic E-state index is 12.3. The van der Waals surface area contributed by atoms with Gasteiger partial charge in [0.15, 0.2) is 0 Å².